The summed E-state index contributed by atoms with van der Waals surface area (Å²) < 4.78 is 50.9. The van der Waals surface area contributed by atoms with Gasteiger partial charge in [-0.15, -0.1) is 0 Å². The summed E-state index contributed by atoms with van der Waals surface area (Å²) in [5, 5.41) is 2.86. The summed E-state index contributed by atoms with van der Waals surface area (Å²) >= 11 is 0. The Morgan fingerprint density at radius 1 is 1.12 bits per heavy atom. The second-order valence-corrected chi connectivity index (χ2v) is 9.93. The fraction of sp³-hybridized carbons (Fsp3) is 0.708. The number of carbonyl (C=O) groups is 1. The summed E-state index contributed by atoms with van der Waals surface area (Å²) in [6.07, 6.45) is 0.0812. The van der Waals surface area contributed by atoms with E-state index >= 15 is 0 Å². The topological polar surface area (TPSA) is 50.8 Å². The highest BCUT2D eigenvalue weighted by Gasteiger charge is 2.35. The maximum atomic E-state index is 13.2. The zero-order valence-electron chi connectivity index (χ0n) is 19.4. The quantitative estimate of drug-likeness (QED) is 0.670. The molecule has 2 atom stereocenters. The van der Waals surface area contributed by atoms with Crippen molar-refractivity contribution in [1.82, 2.24) is 10.2 Å². The van der Waals surface area contributed by atoms with Gasteiger partial charge in [-0.2, -0.15) is 13.2 Å². The van der Waals surface area contributed by atoms with Gasteiger partial charge in [-0.25, -0.2) is 0 Å². The van der Waals surface area contributed by atoms with Crippen LogP contribution in [0.5, 0.6) is 5.75 Å². The lowest BCUT2D eigenvalue weighted by Gasteiger charge is -2.35. The molecular weight excluding hydrogens is 421 g/mol. The van der Waals surface area contributed by atoms with Crippen LogP contribution < -0.4 is 10.1 Å². The van der Waals surface area contributed by atoms with E-state index in [4.69, 9.17) is 9.47 Å². The molecule has 1 amide bonds. The van der Waals surface area contributed by atoms with Crippen LogP contribution in [0.2, 0.25) is 0 Å². The van der Waals surface area contributed by atoms with Crippen LogP contribution in [0.15, 0.2) is 18.2 Å². The van der Waals surface area contributed by atoms with E-state index in [2.05, 4.69) is 17.3 Å². The highest BCUT2D eigenvalue weighted by molar-refractivity contribution is 5.79. The number of nitrogens with zero attached hydrogens (tertiary/aromatic N) is 1. The Labute approximate surface area is 188 Å². The molecule has 180 valence electrons. The van der Waals surface area contributed by atoms with Gasteiger partial charge < -0.3 is 19.7 Å². The predicted molar refractivity (Wildman–Crippen MR) is 116 cm³/mol. The fourth-order valence-electron chi connectivity index (χ4n) is 4.61. The third kappa shape index (κ3) is 6.61. The second kappa shape index (κ2) is 10.00. The zero-order valence-corrected chi connectivity index (χ0v) is 19.4. The van der Waals surface area contributed by atoms with Crippen LogP contribution in [-0.2, 0) is 22.3 Å². The summed E-state index contributed by atoms with van der Waals surface area (Å²) in [5.41, 5.74) is -0.981. The summed E-state index contributed by atoms with van der Waals surface area (Å²) in [7, 11) is 2.12. The molecule has 0 spiro atoms. The van der Waals surface area contributed by atoms with E-state index < -0.39 is 17.3 Å². The Morgan fingerprint density at radius 2 is 1.81 bits per heavy atom. The fourth-order valence-corrected chi connectivity index (χ4v) is 4.61. The average Bonchev–Trinajstić information content (AvgIpc) is 3.21. The van der Waals surface area contributed by atoms with Gasteiger partial charge in [0.15, 0.2) is 0 Å². The molecule has 1 aliphatic heterocycles. The smallest absolute Gasteiger partial charge is 0.416 e. The molecule has 1 aromatic rings. The highest BCUT2D eigenvalue weighted by Crippen LogP contribution is 2.34. The first kappa shape index (κ1) is 24.8. The lowest BCUT2D eigenvalue weighted by atomic mass is 10.0. The zero-order chi connectivity index (χ0) is 23.5. The van der Waals surface area contributed by atoms with Crippen LogP contribution in [0.25, 0.3) is 0 Å². The molecule has 8 heteroatoms. The van der Waals surface area contributed by atoms with E-state index in [1.54, 1.807) is 0 Å². The van der Waals surface area contributed by atoms with Crippen molar-refractivity contribution in [2.75, 3.05) is 20.3 Å². The van der Waals surface area contributed by atoms with Crippen molar-refractivity contribution < 1.29 is 27.4 Å². The van der Waals surface area contributed by atoms with Gasteiger partial charge >= 0.3 is 6.18 Å². The largest absolute Gasteiger partial charge is 0.488 e. The Hall–Kier alpha value is -1.80. The van der Waals surface area contributed by atoms with E-state index in [9.17, 15) is 18.0 Å². The standard InChI is InChI=1S/C24H35F3N2O3/c1-23(2,3)32-21-8-6-18(24(25,26)27)13-17(21)15-28-22(30)16-5-7-20(14-16)29(4)19-9-11-31-12-10-19/h6,8,13,16,19-20H,5,7,9-12,14-15H2,1-4H3,(H,28,30)/t16-,20?/m0/s1. The first-order valence-electron chi connectivity index (χ1n) is 11.4. The maximum Gasteiger partial charge on any atom is 0.416 e. The SMILES string of the molecule is CN(C1CCOCC1)C1CC[C@H](C(=O)NCc2cc(C(F)(F)F)ccc2OC(C)(C)C)C1. The molecule has 1 heterocycles. The van der Waals surface area contributed by atoms with Crippen molar-refractivity contribution in [3.8, 4) is 5.75 Å². The van der Waals surface area contributed by atoms with Gasteiger partial charge in [-0.1, -0.05) is 0 Å². The maximum absolute atomic E-state index is 13.2. The summed E-state index contributed by atoms with van der Waals surface area (Å²) in [6, 6.07) is 4.25. The first-order valence-corrected chi connectivity index (χ1v) is 11.4. The molecule has 1 saturated carbocycles. The van der Waals surface area contributed by atoms with E-state index in [1.165, 1.54) is 6.07 Å². The first-order chi connectivity index (χ1) is 14.9. The number of hydrogen-bond acceptors (Lipinski definition) is 4. The molecule has 2 fully saturated rings. The van der Waals surface area contributed by atoms with Crippen LogP contribution in [-0.4, -0.2) is 48.8 Å². The molecule has 1 saturated heterocycles. The van der Waals surface area contributed by atoms with Crippen molar-refractivity contribution in [2.45, 2.75) is 83.3 Å². The summed E-state index contributed by atoms with van der Waals surface area (Å²) in [4.78, 5) is 15.2. The van der Waals surface area contributed by atoms with Crippen molar-refractivity contribution in [3.05, 3.63) is 29.3 Å². The Balaban J connectivity index is 1.62. The predicted octanol–water partition coefficient (Wildman–Crippen LogP) is 4.78. The van der Waals surface area contributed by atoms with Gasteiger partial charge in [0.1, 0.15) is 11.4 Å². The van der Waals surface area contributed by atoms with Gasteiger partial charge in [0.2, 0.25) is 5.91 Å². The van der Waals surface area contributed by atoms with Crippen molar-refractivity contribution in [1.29, 1.82) is 0 Å². The molecular formula is C24H35F3N2O3. The van der Waals surface area contributed by atoms with Crippen LogP contribution in [0.1, 0.15) is 64.0 Å². The number of ether oxygens (including phenoxy) is 2. The molecule has 1 aliphatic carbocycles. The lowest BCUT2D eigenvalue weighted by molar-refractivity contribution is -0.137. The number of hydrogen-bond donors (Lipinski definition) is 1. The van der Waals surface area contributed by atoms with Gasteiger partial charge in [-0.3, -0.25) is 4.79 Å². The number of carbonyl (C=O) groups excluding carboxylic acids is 1. The van der Waals surface area contributed by atoms with Gasteiger partial charge in [0.05, 0.1) is 5.56 Å². The summed E-state index contributed by atoms with van der Waals surface area (Å²) in [6.45, 7) is 7.07. The van der Waals surface area contributed by atoms with Crippen molar-refractivity contribution in [2.24, 2.45) is 5.92 Å². The van der Waals surface area contributed by atoms with Crippen LogP contribution in [0, 0.1) is 5.92 Å². The van der Waals surface area contributed by atoms with Gasteiger partial charge in [-0.05, 0) is 78.1 Å². The molecule has 1 aromatic carbocycles. The third-order valence-corrected chi connectivity index (χ3v) is 6.38. The lowest BCUT2D eigenvalue weighted by Crippen LogP contribution is -2.42. The average molecular weight is 457 g/mol. The third-order valence-electron chi connectivity index (χ3n) is 6.38. The Morgan fingerprint density at radius 3 is 2.44 bits per heavy atom. The normalized spacial score (nSPS) is 22.9. The number of nitrogens with one attached hydrogen (secondary N) is 1. The molecule has 3 rings (SSSR count). The van der Waals surface area contributed by atoms with Gasteiger partial charge in [0, 0.05) is 43.3 Å². The van der Waals surface area contributed by atoms with E-state index in [1.807, 2.05) is 20.8 Å². The van der Waals surface area contributed by atoms with Crippen molar-refractivity contribution in [3.63, 3.8) is 0 Å². The van der Waals surface area contributed by atoms with E-state index in [0.29, 0.717) is 23.4 Å². The number of rotatable bonds is 6. The molecule has 0 aromatic heterocycles. The summed E-state index contributed by atoms with van der Waals surface area (Å²) in [5.74, 6) is 0.126. The molecule has 5 nitrogen and oxygen atoms in total. The molecule has 0 radical (unpaired) electrons. The monoisotopic (exact) mass is 456 g/mol. The van der Waals surface area contributed by atoms with Crippen LogP contribution >= 0.6 is 0 Å². The Kier molecular flexibility index (Phi) is 7.76. The Bertz CT molecular complexity index is 786. The second-order valence-electron chi connectivity index (χ2n) is 9.93. The van der Waals surface area contributed by atoms with Crippen LogP contribution in [0.4, 0.5) is 13.2 Å². The number of amides is 1. The number of benzene rings is 1. The van der Waals surface area contributed by atoms with E-state index in [0.717, 1.165) is 57.5 Å². The molecule has 2 aliphatic rings. The van der Waals surface area contributed by atoms with Gasteiger partial charge in [0.25, 0.3) is 0 Å². The van der Waals surface area contributed by atoms with Crippen molar-refractivity contribution >= 4 is 5.91 Å². The molecule has 32 heavy (non-hydrogen) atoms. The van der Waals surface area contributed by atoms with Crippen LogP contribution in [0.3, 0.4) is 0 Å². The minimum atomic E-state index is -4.45. The molecule has 1 N–H and O–H groups in total. The number of halogens is 3. The van der Waals surface area contributed by atoms with E-state index in [-0.39, 0.29) is 18.4 Å². The molecule has 1 unspecified atom stereocenters. The highest BCUT2D eigenvalue weighted by atomic mass is 19.4. The minimum absolute atomic E-state index is 0.00510. The number of alkyl halides is 3. The molecule has 0 bridgehead atoms. The minimum Gasteiger partial charge on any atom is -0.488 e.